The first-order valence-corrected chi connectivity index (χ1v) is 6.46. The van der Waals surface area contributed by atoms with Gasteiger partial charge in [-0.25, -0.2) is 4.79 Å². The smallest absolute Gasteiger partial charge is 0.235 e. The number of halogens is 1. The summed E-state index contributed by atoms with van der Waals surface area (Å²) in [7, 11) is 0. The molecule has 2 aliphatic rings. The number of phenolic OH excluding ortho intramolecular Hbond substituents is 1. The monoisotopic (exact) mass is 281 g/mol. The fourth-order valence-corrected chi connectivity index (χ4v) is 2.78. The van der Waals surface area contributed by atoms with Gasteiger partial charge in [0.25, 0.3) is 0 Å². The molecule has 5 nitrogen and oxygen atoms in total. The summed E-state index contributed by atoms with van der Waals surface area (Å²) < 4.78 is 10.9. The first-order valence-electron chi connectivity index (χ1n) is 6.08. The number of phenols is 1. The van der Waals surface area contributed by atoms with Crippen LogP contribution < -0.4 is 9.47 Å². The predicted molar refractivity (Wildman–Crippen MR) is 67.8 cm³/mol. The second-order valence-corrected chi connectivity index (χ2v) is 5.08. The minimum absolute atomic E-state index is 0.0929. The predicted octanol–water partition coefficient (Wildman–Crippen LogP) is 2.53. The van der Waals surface area contributed by atoms with Crippen LogP contribution in [-0.2, 0) is 10.3 Å². The fraction of sp³-hybridized carbons (Fsp3) is 0.462. The van der Waals surface area contributed by atoms with Crippen LogP contribution in [0, 0.1) is 0 Å². The molecule has 0 unspecified atom stereocenters. The van der Waals surface area contributed by atoms with Gasteiger partial charge in [-0.3, -0.25) is 0 Å². The van der Waals surface area contributed by atoms with E-state index in [1.807, 2.05) is 0 Å². The van der Waals surface area contributed by atoms with Crippen LogP contribution in [0.2, 0.25) is 5.02 Å². The minimum atomic E-state index is -0.717. The highest BCUT2D eigenvalue weighted by molar-refractivity contribution is 6.34. The zero-order chi connectivity index (χ0) is 13.5. The highest BCUT2D eigenvalue weighted by Crippen LogP contribution is 2.54. The van der Waals surface area contributed by atoms with Crippen molar-refractivity contribution >= 4 is 17.7 Å². The molecule has 1 aromatic carbocycles. The summed E-state index contributed by atoms with van der Waals surface area (Å²) in [5.74, 6) is 0.736. The van der Waals surface area contributed by atoms with Crippen LogP contribution in [0.15, 0.2) is 11.1 Å². The lowest BCUT2D eigenvalue weighted by Crippen LogP contribution is -2.32. The van der Waals surface area contributed by atoms with E-state index in [9.17, 15) is 9.90 Å². The maximum absolute atomic E-state index is 10.6. The van der Waals surface area contributed by atoms with Crippen LogP contribution in [-0.4, -0.2) is 24.4 Å². The van der Waals surface area contributed by atoms with Gasteiger partial charge in [-0.1, -0.05) is 11.6 Å². The van der Waals surface area contributed by atoms with Crippen molar-refractivity contribution in [2.24, 2.45) is 4.99 Å². The van der Waals surface area contributed by atoms with Crippen molar-refractivity contribution < 1.29 is 19.4 Å². The Kier molecular flexibility index (Phi) is 2.88. The van der Waals surface area contributed by atoms with E-state index in [0.717, 1.165) is 6.42 Å². The Labute approximate surface area is 114 Å². The highest BCUT2D eigenvalue weighted by Gasteiger charge is 2.42. The minimum Gasteiger partial charge on any atom is -0.506 e. The van der Waals surface area contributed by atoms with E-state index in [1.165, 1.54) is 0 Å². The van der Waals surface area contributed by atoms with Gasteiger partial charge in [-0.15, -0.1) is 0 Å². The first-order chi connectivity index (χ1) is 9.18. The second-order valence-electron chi connectivity index (χ2n) is 4.70. The summed E-state index contributed by atoms with van der Waals surface area (Å²) >= 11 is 6.11. The van der Waals surface area contributed by atoms with E-state index in [1.54, 1.807) is 12.1 Å². The van der Waals surface area contributed by atoms with Crippen molar-refractivity contribution in [1.29, 1.82) is 0 Å². The van der Waals surface area contributed by atoms with Gasteiger partial charge in [0.2, 0.25) is 6.08 Å². The molecule has 100 valence electrons. The van der Waals surface area contributed by atoms with Gasteiger partial charge in [0.05, 0.1) is 0 Å². The molecule has 1 heterocycles. The molecule has 0 saturated heterocycles. The SMILES string of the molecule is O=C=NC1(c2cc3c(c(Cl)c2O)OCCO3)CCC1. The van der Waals surface area contributed by atoms with Crippen molar-refractivity contribution in [1.82, 2.24) is 0 Å². The van der Waals surface area contributed by atoms with Crippen molar-refractivity contribution in [2.75, 3.05) is 13.2 Å². The first kappa shape index (κ1) is 12.3. The normalized spacial score (nSPS) is 19.2. The summed E-state index contributed by atoms with van der Waals surface area (Å²) in [5, 5.41) is 10.3. The van der Waals surface area contributed by atoms with Gasteiger partial charge >= 0.3 is 0 Å². The molecular weight excluding hydrogens is 270 g/mol. The standard InChI is InChI=1S/C13H12ClNO4/c14-10-11(17)8(13(15-7-16)2-1-3-13)6-9-12(10)19-5-4-18-9/h6,17H,1-5H2. The Morgan fingerprint density at radius 2 is 2.11 bits per heavy atom. The van der Waals surface area contributed by atoms with E-state index in [4.69, 9.17) is 21.1 Å². The van der Waals surface area contributed by atoms with E-state index in [-0.39, 0.29) is 10.8 Å². The summed E-state index contributed by atoms with van der Waals surface area (Å²) in [4.78, 5) is 14.5. The molecule has 1 aliphatic carbocycles. The van der Waals surface area contributed by atoms with Crippen LogP contribution in [0.3, 0.4) is 0 Å². The van der Waals surface area contributed by atoms with Crippen molar-refractivity contribution in [3.8, 4) is 17.2 Å². The van der Waals surface area contributed by atoms with Gasteiger partial charge in [0, 0.05) is 5.56 Å². The summed E-state index contributed by atoms with van der Waals surface area (Å²) in [5.41, 5.74) is -0.206. The number of rotatable bonds is 2. The largest absolute Gasteiger partial charge is 0.506 e. The maximum atomic E-state index is 10.6. The molecule has 0 atom stereocenters. The van der Waals surface area contributed by atoms with Crippen LogP contribution in [0.5, 0.6) is 17.2 Å². The van der Waals surface area contributed by atoms with Crippen molar-refractivity contribution in [3.05, 3.63) is 16.7 Å². The lowest BCUT2D eigenvalue weighted by molar-refractivity contribution is 0.169. The number of benzene rings is 1. The number of fused-ring (bicyclic) bond motifs is 1. The molecule has 3 rings (SSSR count). The Bertz CT molecular complexity index is 576. The number of ether oxygens (including phenoxy) is 2. The Balaban J connectivity index is 2.16. The number of hydrogen-bond acceptors (Lipinski definition) is 5. The molecule has 0 aromatic heterocycles. The molecule has 1 aliphatic heterocycles. The molecule has 6 heteroatoms. The molecule has 1 saturated carbocycles. The number of isocyanates is 1. The van der Waals surface area contributed by atoms with E-state index < -0.39 is 5.54 Å². The number of aliphatic imine (C=N–C) groups is 1. The molecule has 0 bridgehead atoms. The van der Waals surface area contributed by atoms with Gasteiger partial charge in [0.1, 0.15) is 29.5 Å². The molecule has 0 radical (unpaired) electrons. The van der Waals surface area contributed by atoms with Crippen LogP contribution >= 0.6 is 11.6 Å². The molecule has 1 aromatic rings. The Morgan fingerprint density at radius 3 is 2.74 bits per heavy atom. The third-order valence-electron chi connectivity index (χ3n) is 3.69. The fourth-order valence-electron chi connectivity index (χ4n) is 2.53. The van der Waals surface area contributed by atoms with E-state index in [2.05, 4.69) is 4.99 Å². The van der Waals surface area contributed by atoms with Crippen molar-refractivity contribution in [3.63, 3.8) is 0 Å². The maximum Gasteiger partial charge on any atom is 0.235 e. The van der Waals surface area contributed by atoms with E-state index >= 15 is 0 Å². The van der Waals surface area contributed by atoms with Crippen LogP contribution in [0.4, 0.5) is 0 Å². The number of carbonyl (C=O) groups excluding carboxylic acids is 1. The topological polar surface area (TPSA) is 68.1 Å². The summed E-state index contributed by atoms with van der Waals surface area (Å²) in [6.45, 7) is 0.820. The average Bonchev–Trinajstić information content (AvgIpc) is 2.38. The molecule has 0 spiro atoms. The van der Waals surface area contributed by atoms with Crippen LogP contribution in [0.25, 0.3) is 0 Å². The molecule has 1 N–H and O–H groups in total. The van der Waals surface area contributed by atoms with Gasteiger partial charge in [-0.05, 0) is 25.3 Å². The van der Waals surface area contributed by atoms with E-state index in [0.29, 0.717) is 43.1 Å². The number of hydrogen-bond donors (Lipinski definition) is 1. The zero-order valence-corrected chi connectivity index (χ0v) is 10.9. The molecule has 1 fully saturated rings. The van der Waals surface area contributed by atoms with Crippen LogP contribution in [0.1, 0.15) is 24.8 Å². The van der Waals surface area contributed by atoms with Gasteiger partial charge < -0.3 is 14.6 Å². The van der Waals surface area contributed by atoms with Crippen molar-refractivity contribution in [2.45, 2.75) is 24.8 Å². The third-order valence-corrected chi connectivity index (χ3v) is 4.04. The third kappa shape index (κ3) is 1.78. The average molecular weight is 282 g/mol. The van der Waals surface area contributed by atoms with Gasteiger partial charge in [-0.2, -0.15) is 4.99 Å². The summed E-state index contributed by atoms with van der Waals surface area (Å²) in [6.07, 6.45) is 3.90. The van der Waals surface area contributed by atoms with Gasteiger partial charge in [0.15, 0.2) is 11.5 Å². The highest BCUT2D eigenvalue weighted by atomic mass is 35.5. The zero-order valence-electron chi connectivity index (χ0n) is 10.1. The second kappa shape index (κ2) is 4.44. The number of nitrogens with zero attached hydrogens (tertiary/aromatic N) is 1. The molecular formula is C13H12ClNO4. The molecule has 19 heavy (non-hydrogen) atoms. The quantitative estimate of drug-likeness (QED) is 0.668. The Morgan fingerprint density at radius 1 is 1.37 bits per heavy atom. The lowest BCUT2D eigenvalue weighted by atomic mass is 9.72. The Hall–Kier alpha value is -1.71. The molecule has 0 amide bonds. The number of aromatic hydroxyl groups is 1. The summed E-state index contributed by atoms with van der Waals surface area (Å²) in [6, 6.07) is 1.66. The lowest BCUT2D eigenvalue weighted by Gasteiger charge is -2.38.